The predicted molar refractivity (Wildman–Crippen MR) is 81.4 cm³/mol. The van der Waals surface area contributed by atoms with Gasteiger partial charge in [0.25, 0.3) is 0 Å². The molecular weight excluding hydrogens is 248 g/mol. The fraction of sp³-hybridized carbons (Fsp3) is 0.438. The molecule has 2 aromatic heterocycles. The molecule has 0 amide bonds. The maximum atomic E-state index is 4.66. The van der Waals surface area contributed by atoms with Crippen LogP contribution < -0.4 is 5.32 Å². The van der Waals surface area contributed by atoms with Crippen LogP contribution in [0.25, 0.3) is 11.4 Å². The van der Waals surface area contributed by atoms with E-state index in [-0.39, 0.29) is 0 Å². The van der Waals surface area contributed by atoms with Gasteiger partial charge < -0.3 is 5.32 Å². The molecule has 2 rings (SSSR count). The fourth-order valence-corrected chi connectivity index (χ4v) is 2.13. The van der Waals surface area contributed by atoms with Gasteiger partial charge in [-0.1, -0.05) is 13.8 Å². The lowest BCUT2D eigenvalue weighted by Crippen LogP contribution is -2.22. The molecule has 106 valence electrons. The van der Waals surface area contributed by atoms with Crippen LogP contribution in [0.15, 0.2) is 18.2 Å². The highest BCUT2D eigenvalue weighted by molar-refractivity contribution is 5.56. The van der Waals surface area contributed by atoms with Gasteiger partial charge in [0.05, 0.1) is 5.69 Å². The van der Waals surface area contributed by atoms with Crippen molar-refractivity contribution in [3.8, 4) is 11.4 Å². The number of hydrogen-bond acceptors (Lipinski definition) is 4. The van der Waals surface area contributed by atoms with Crippen LogP contribution in [0.4, 0.5) is 0 Å². The first-order valence-electron chi connectivity index (χ1n) is 6.97. The molecule has 0 radical (unpaired) electrons. The van der Waals surface area contributed by atoms with Gasteiger partial charge in [0.1, 0.15) is 0 Å². The number of rotatable bonds is 4. The fourth-order valence-electron chi connectivity index (χ4n) is 2.13. The van der Waals surface area contributed by atoms with Crippen molar-refractivity contribution in [2.24, 2.45) is 0 Å². The Balaban J connectivity index is 2.36. The first kappa shape index (κ1) is 14.6. The summed E-state index contributed by atoms with van der Waals surface area (Å²) in [5.41, 5.74) is 5.03. The minimum atomic E-state index is 0.444. The van der Waals surface area contributed by atoms with E-state index >= 15 is 0 Å². The highest BCUT2D eigenvalue weighted by atomic mass is 15.0. The van der Waals surface area contributed by atoms with Crippen molar-refractivity contribution >= 4 is 0 Å². The topological polar surface area (TPSA) is 50.7 Å². The molecule has 20 heavy (non-hydrogen) atoms. The smallest absolute Gasteiger partial charge is 0.159 e. The zero-order chi connectivity index (χ0) is 14.7. The van der Waals surface area contributed by atoms with Crippen LogP contribution in [0, 0.1) is 20.8 Å². The van der Waals surface area contributed by atoms with Gasteiger partial charge in [-0.2, -0.15) is 0 Å². The van der Waals surface area contributed by atoms with Crippen molar-refractivity contribution in [2.45, 2.75) is 47.2 Å². The summed E-state index contributed by atoms with van der Waals surface area (Å²) >= 11 is 0. The lowest BCUT2D eigenvalue weighted by atomic mass is 10.1. The Morgan fingerprint density at radius 3 is 2.10 bits per heavy atom. The predicted octanol–water partition coefficient (Wildman–Crippen LogP) is 2.96. The minimum Gasteiger partial charge on any atom is -0.309 e. The van der Waals surface area contributed by atoms with E-state index in [1.54, 1.807) is 0 Å². The van der Waals surface area contributed by atoms with Crippen LogP contribution in [0.5, 0.6) is 0 Å². The molecule has 0 aliphatic carbocycles. The standard InChI is InChI=1S/C16H22N4/c1-10(2)17-9-15-8-13(5)19-16(20-15)14-6-11(3)18-12(4)7-14/h6-8,10,17H,9H2,1-5H3. The Labute approximate surface area is 120 Å². The summed E-state index contributed by atoms with van der Waals surface area (Å²) in [6.45, 7) is 11.0. The van der Waals surface area contributed by atoms with E-state index in [1.807, 2.05) is 39.0 Å². The average Bonchev–Trinajstić information content (AvgIpc) is 2.34. The van der Waals surface area contributed by atoms with Crippen LogP contribution in [0.3, 0.4) is 0 Å². The Bertz CT molecular complexity index is 585. The van der Waals surface area contributed by atoms with Crippen molar-refractivity contribution in [3.05, 3.63) is 41.0 Å². The van der Waals surface area contributed by atoms with Crippen molar-refractivity contribution in [1.82, 2.24) is 20.3 Å². The van der Waals surface area contributed by atoms with Gasteiger partial charge in [-0.3, -0.25) is 4.98 Å². The molecular formula is C16H22N4. The SMILES string of the molecule is Cc1cc(-c2nc(C)cc(CNC(C)C)n2)cc(C)n1. The van der Waals surface area contributed by atoms with Gasteiger partial charge in [-0.25, -0.2) is 9.97 Å². The van der Waals surface area contributed by atoms with Gasteiger partial charge in [-0.15, -0.1) is 0 Å². The zero-order valence-corrected chi connectivity index (χ0v) is 12.9. The summed E-state index contributed by atoms with van der Waals surface area (Å²) in [7, 11) is 0. The Hall–Kier alpha value is -1.81. The lowest BCUT2D eigenvalue weighted by molar-refractivity contribution is 0.580. The summed E-state index contributed by atoms with van der Waals surface area (Å²) in [4.78, 5) is 13.6. The summed E-state index contributed by atoms with van der Waals surface area (Å²) in [6, 6.07) is 6.53. The number of aromatic nitrogens is 3. The molecule has 0 aliphatic rings. The summed E-state index contributed by atoms with van der Waals surface area (Å²) in [6.07, 6.45) is 0. The van der Waals surface area contributed by atoms with Crippen LogP contribution in [0.1, 0.15) is 36.6 Å². The molecule has 0 atom stereocenters. The molecule has 0 saturated carbocycles. The largest absolute Gasteiger partial charge is 0.309 e. The molecule has 0 spiro atoms. The van der Waals surface area contributed by atoms with E-state index in [0.29, 0.717) is 6.04 Å². The highest BCUT2D eigenvalue weighted by Crippen LogP contribution is 2.18. The van der Waals surface area contributed by atoms with E-state index in [9.17, 15) is 0 Å². The van der Waals surface area contributed by atoms with Crippen molar-refractivity contribution in [3.63, 3.8) is 0 Å². The van der Waals surface area contributed by atoms with Crippen molar-refractivity contribution in [1.29, 1.82) is 0 Å². The molecule has 0 bridgehead atoms. The van der Waals surface area contributed by atoms with Crippen molar-refractivity contribution in [2.75, 3.05) is 0 Å². The molecule has 0 aliphatic heterocycles. The van der Waals surface area contributed by atoms with Crippen LogP contribution in [-0.2, 0) is 6.54 Å². The summed E-state index contributed by atoms with van der Waals surface area (Å²) < 4.78 is 0. The van der Waals surface area contributed by atoms with E-state index in [4.69, 9.17) is 0 Å². The Morgan fingerprint density at radius 1 is 0.900 bits per heavy atom. The second-order valence-corrected chi connectivity index (χ2v) is 5.50. The Kier molecular flexibility index (Phi) is 4.45. The first-order chi connectivity index (χ1) is 9.44. The molecule has 0 unspecified atom stereocenters. The number of nitrogens with zero attached hydrogens (tertiary/aromatic N) is 3. The third kappa shape index (κ3) is 3.84. The maximum Gasteiger partial charge on any atom is 0.159 e. The molecule has 2 heterocycles. The molecule has 0 saturated heterocycles. The zero-order valence-electron chi connectivity index (χ0n) is 12.9. The molecule has 2 aromatic rings. The number of pyridine rings is 1. The maximum absolute atomic E-state index is 4.66. The minimum absolute atomic E-state index is 0.444. The number of hydrogen-bond donors (Lipinski definition) is 1. The summed E-state index contributed by atoms with van der Waals surface area (Å²) in [5, 5.41) is 3.39. The number of nitrogens with one attached hydrogen (secondary N) is 1. The van der Waals surface area contributed by atoms with E-state index < -0.39 is 0 Å². The van der Waals surface area contributed by atoms with Gasteiger partial charge in [0.2, 0.25) is 0 Å². The van der Waals surface area contributed by atoms with Crippen molar-refractivity contribution < 1.29 is 0 Å². The van der Waals surface area contributed by atoms with E-state index in [0.717, 1.165) is 40.7 Å². The second-order valence-electron chi connectivity index (χ2n) is 5.50. The molecule has 1 N–H and O–H groups in total. The van der Waals surface area contributed by atoms with Gasteiger partial charge in [-0.05, 0) is 39.0 Å². The van der Waals surface area contributed by atoms with Crippen LogP contribution in [-0.4, -0.2) is 21.0 Å². The van der Waals surface area contributed by atoms with Gasteiger partial charge in [0, 0.05) is 35.2 Å². The third-order valence-electron chi connectivity index (χ3n) is 2.94. The molecule has 0 aromatic carbocycles. The molecule has 0 fully saturated rings. The van der Waals surface area contributed by atoms with E-state index in [2.05, 4.69) is 34.1 Å². The van der Waals surface area contributed by atoms with Gasteiger partial charge >= 0.3 is 0 Å². The van der Waals surface area contributed by atoms with E-state index in [1.165, 1.54) is 0 Å². The monoisotopic (exact) mass is 270 g/mol. The third-order valence-corrected chi connectivity index (χ3v) is 2.94. The van der Waals surface area contributed by atoms with Crippen LogP contribution in [0.2, 0.25) is 0 Å². The Morgan fingerprint density at radius 2 is 1.50 bits per heavy atom. The van der Waals surface area contributed by atoms with Gasteiger partial charge in [0.15, 0.2) is 5.82 Å². The average molecular weight is 270 g/mol. The molecule has 4 heteroatoms. The summed E-state index contributed by atoms with van der Waals surface area (Å²) in [5.74, 6) is 0.777. The lowest BCUT2D eigenvalue weighted by Gasteiger charge is -2.10. The number of aryl methyl sites for hydroxylation is 3. The van der Waals surface area contributed by atoms with Crippen LogP contribution >= 0.6 is 0 Å². The first-order valence-corrected chi connectivity index (χ1v) is 6.97. The molecule has 4 nitrogen and oxygen atoms in total. The second kappa shape index (κ2) is 6.09. The highest BCUT2D eigenvalue weighted by Gasteiger charge is 2.07. The quantitative estimate of drug-likeness (QED) is 0.928. The normalized spacial score (nSPS) is 11.1.